The summed E-state index contributed by atoms with van der Waals surface area (Å²) in [4.78, 5) is 22.8. The van der Waals surface area contributed by atoms with Crippen LogP contribution in [0.4, 0.5) is 5.69 Å². The van der Waals surface area contributed by atoms with Crippen LogP contribution in [-0.2, 0) is 52.3 Å². The Morgan fingerprint density at radius 2 is 1.67 bits per heavy atom. The molecule has 1 aliphatic heterocycles. The summed E-state index contributed by atoms with van der Waals surface area (Å²) in [5.41, 5.74) is 9.25. The lowest BCUT2D eigenvalue weighted by Gasteiger charge is -2.25. The molecule has 1 aliphatic rings. The number of carbonyl (C=O) groups is 1. The van der Waals surface area contributed by atoms with E-state index in [1.54, 1.807) is 19.4 Å². The van der Waals surface area contributed by atoms with E-state index in [2.05, 4.69) is 51.4 Å². The van der Waals surface area contributed by atoms with Crippen molar-refractivity contribution in [2.24, 2.45) is 0 Å². The van der Waals surface area contributed by atoms with Crippen LogP contribution >= 0.6 is 0 Å². The number of aromatic nitrogens is 1. The van der Waals surface area contributed by atoms with Crippen LogP contribution in [0.15, 0.2) is 67.0 Å². The fraction of sp³-hybridized carbons (Fsp3) is 0.438. The van der Waals surface area contributed by atoms with Gasteiger partial charge in [0, 0.05) is 52.7 Å². The SMILES string of the molecule is C[C@H](NCC1Cc2cccc(c2)CCCCc2cc(cc(N(C)S(=O)(=O)N(C)C)c2)CON1)C(=O)NCc1ccncc1. The van der Waals surface area contributed by atoms with Crippen LogP contribution in [-0.4, -0.2) is 63.4 Å². The Labute approximate surface area is 256 Å². The van der Waals surface area contributed by atoms with E-state index in [9.17, 15) is 13.2 Å². The van der Waals surface area contributed by atoms with E-state index < -0.39 is 16.3 Å². The molecule has 0 aliphatic carbocycles. The number of nitrogens with zero attached hydrogens (tertiary/aromatic N) is 3. The van der Waals surface area contributed by atoms with Crippen molar-refractivity contribution in [3.8, 4) is 0 Å². The first-order valence-electron chi connectivity index (χ1n) is 14.8. The highest BCUT2D eigenvalue weighted by molar-refractivity contribution is 7.90. The summed E-state index contributed by atoms with van der Waals surface area (Å²) in [5.74, 6) is -0.0852. The Hall–Kier alpha value is -3.35. The fourth-order valence-electron chi connectivity index (χ4n) is 5.04. The second-order valence-corrected chi connectivity index (χ2v) is 13.5. The van der Waals surface area contributed by atoms with Crippen molar-refractivity contribution in [1.29, 1.82) is 0 Å². The van der Waals surface area contributed by atoms with Crippen LogP contribution in [0.1, 0.15) is 47.6 Å². The van der Waals surface area contributed by atoms with Crippen molar-refractivity contribution in [3.63, 3.8) is 0 Å². The third kappa shape index (κ3) is 9.57. The van der Waals surface area contributed by atoms with Gasteiger partial charge in [-0.3, -0.25) is 18.9 Å². The van der Waals surface area contributed by atoms with Gasteiger partial charge < -0.3 is 10.6 Å². The van der Waals surface area contributed by atoms with Crippen molar-refractivity contribution in [3.05, 3.63) is 94.8 Å². The molecule has 43 heavy (non-hydrogen) atoms. The number of hydrogen-bond donors (Lipinski definition) is 3. The van der Waals surface area contributed by atoms with E-state index in [-0.39, 0.29) is 18.6 Å². The largest absolute Gasteiger partial charge is 0.351 e. The van der Waals surface area contributed by atoms with Crippen LogP contribution in [0.25, 0.3) is 0 Å². The molecular weight excluding hydrogens is 564 g/mol. The monoisotopic (exact) mass is 608 g/mol. The average Bonchev–Trinajstić information content (AvgIpc) is 3.00. The third-order valence-electron chi connectivity index (χ3n) is 7.63. The van der Waals surface area contributed by atoms with E-state index >= 15 is 0 Å². The molecule has 1 amide bonds. The normalized spacial score (nSPS) is 17.0. The van der Waals surface area contributed by atoms with Gasteiger partial charge in [-0.15, -0.1) is 0 Å². The minimum Gasteiger partial charge on any atom is -0.351 e. The summed E-state index contributed by atoms with van der Waals surface area (Å²) >= 11 is 0. The van der Waals surface area contributed by atoms with Gasteiger partial charge in [0.15, 0.2) is 0 Å². The van der Waals surface area contributed by atoms with Crippen molar-refractivity contribution in [2.45, 2.75) is 64.3 Å². The number of fused-ring (bicyclic) bond motifs is 4. The van der Waals surface area contributed by atoms with Gasteiger partial charge >= 0.3 is 10.2 Å². The standard InChI is InChI=1S/C32H44N6O4S/c1-24(32(39)35-21-26-12-14-33-15-13-26)34-22-30-18-27-11-7-10-25(16-27)8-5-6-9-28-17-29(23-42-36-30)20-31(19-28)38(4)43(40,41)37(2)3/h7,10-17,19-20,24,30,34,36H,5-6,8-9,18,21-23H2,1-4H3,(H,35,39)/t24-,30?/m0/s1. The summed E-state index contributed by atoms with van der Waals surface area (Å²) in [7, 11) is 0.997. The first-order chi connectivity index (χ1) is 20.6. The predicted octanol–water partition coefficient (Wildman–Crippen LogP) is 3.13. The number of rotatable bonds is 9. The highest BCUT2D eigenvalue weighted by Gasteiger charge is 2.22. The molecule has 0 saturated carbocycles. The Balaban J connectivity index is 1.47. The highest BCUT2D eigenvalue weighted by atomic mass is 32.2. The number of hydrogen-bond acceptors (Lipinski definition) is 7. The minimum atomic E-state index is -3.63. The van der Waals surface area contributed by atoms with Gasteiger partial charge in [-0.25, -0.2) is 0 Å². The molecule has 10 nitrogen and oxygen atoms in total. The molecule has 3 N–H and O–H groups in total. The molecule has 1 unspecified atom stereocenters. The molecule has 4 rings (SSSR count). The van der Waals surface area contributed by atoms with E-state index in [1.807, 2.05) is 31.2 Å². The molecule has 0 radical (unpaired) electrons. The van der Waals surface area contributed by atoms with Gasteiger partial charge in [-0.1, -0.05) is 30.3 Å². The average molecular weight is 609 g/mol. The lowest BCUT2D eigenvalue weighted by atomic mass is 9.99. The molecule has 232 valence electrons. The Morgan fingerprint density at radius 3 is 2.42 bits per heavy atom. The molecule has 0 saturated heterocycles. The van der Waals surface area contributed by atoms with Gasteiger partial charge in [0.2, 0.25) is 5.91 Å². The number of benzene rings is 2. The number of aryl methyl sites for hydroxylation is 2. The molecule has 1 aromatic heterocycles. The molecule has 3 aromatic rings. The zero-order valence-corrected chi connectivity index (χ0v) is 26.4. The van der Waals surface area contributed by atoms with Crippen molar-refractivity contribution in [1.82, 2.24) is 25.4 Å². The summed E-state index contributed by atoms with van der Waals surface area (Å²) in [6.45, 7) is 3.05. The number of nitrogens with one attached hydrogen (secondary N) is 3. The number of pyridine rings is 1. The topological polar surface area (TPSA) is 116 Å². The maximum atomic E-state index is 12.8. The second-order valence-electron chi connectivity index (χ2n) is 11.3. The lowest BCUT2D eigenvalue weighted by molar-refractivity contribution is -0.123. The van der Waals surface area contributed by atoms with E-state index in [0.29, 0.717) is 25.2 Å². The zero-order valence-electron chi connectivity index (χ0n) is 25.5. The van der Waals surface area contributed by atoms with E-state index in [4.69, 9.17) is 4.84 Å². The molecular formula is C32H44N6O4S. The number of amides is 1. The van der Waals surface area contributed by atoms with Crippen LogP contribution in [0.2, 0.25) is 0 Å². The molecule has 2 aromatic carbocycles. The molecule has 0 fully saturated rings. The Morgan fingerprint density at radius 1 is 1.00 bits per heavy atom. The second kappa shape index (κ2) is 15.4. The molecule has 2 heterocycles. The van der Waals surface area contributed by atoms with E-state index in [1.165, 1.54) is 33.8 Å². The summed E-state index contributed by atoms with van der Waals surface area (Å²) in [6, 6.07) is 17.8. The minimum absolute atomic E-state index is 0.0852. The number of carbonyl (C=O) groups excluding carboxylic acids is 1. The van der Waals surface area contributed by atoms with E-state index in [0.717, 1.165) is 42.4 Å². The van der Waals surface area contributed by atoms with Gasteiger partial charge in [-0.05, 0) is 91.1 Å². The summed E-state index contributed by atoms with van der Waals surface area (Å²) < 4.78 is 28.2. The smallest absolute Gasteiger partial charge is 0.303 e. The number of anilines is 1. The maximum Gasteiger partial charge on any atom is 0.303 e. The lowest BCUT2D eigenvalue weighted by Crippen LogP contribution is -2.48. The highest BCUT2D eigenvalue weighted by Crippen LogP contribution is 2.24. The molecule has 11 heteroatoms. The fourth-order valence-corrected chi connectivity index (χ4v) is 5.90. The van der Waals surface area contributed by atoms with Crippen molar-refractivity contribution < 1.29 is 18.0 Å². The zero-order chi connectivity index (χ0) is 30.8. The first-order valence-corrected chi connectivity index (χ1v) is 16.2. The predicted molar refractivity (Wildman–Crippen MR) is 170 cm³/mol. The van der Waals surface area contributed by atoms with Crippen LogP contribution in [0, 0.1) is 0 Å². The van der Waals surface area contributed by atoms with Crippen LogP contribution in [0.3, 0.4) is 0 Å². The van der Waals surface area contributed by atoms with Gasteiger partial charge in [0.05, 0.1) is 18.3 Å². The van der Waals surface area contributed by atoms with Crippen molar-refractivity contribution in [2.75, 3.05) is 32.0 Å². The Kier molecular flexibility index (Phi) is 11.7. The summed E-state index contributed by atoms with van der Waals surface area (Å²) in [5, 5.41) is 6.32. The molecule has 2 atom stereocenters. The first kappa shape index (κ1) is 32.6. The molecule has 0 spiro atoms. The third-order valence-corrected chi connectivity index (χ3v) is 9.46. The van der Waals surface area contributed by atoms with Gasteiger partial charge in [0.25, 0.3) is 0 Å². The Bertz CT molecular complexity index is 1450. The quantitative estimate of drug-likeness (QED) is 0.342. The maximum absolute atomic E-state index is 12.8. The molecule has 4 bridgehead atoms. The van der Waals surface area contributed by atoms with Gasteiger partial charge in [-0.2, -0.15) is 18.2 Å². The van der Waals surface area contributed by atoms with Crippen molar-refractivity contribution >= 4 is 21.8 Å². The van der Waals surface area contributed by atoms with Crippen LogP contribution in [0.5, 0.6) is 0 Å². The van der Waals surface area contributed by atoms with Gasteiger partial charge in [0.1, 0.15) is 0 Å². The number of hydroxylamine groups is 1. The summed E-state index contributed by atoms with van der Waals surface area (Å²) in [6.07, 6.45) is 7.96. The van der Waals surface area contributed by atoms with Crippen LogP contribution < -0.4 is 20.4 Å².